The molecule has 27 heavy (non-hydrogen) atoms. The van der Waals surface area contributed by atoms with E-state index in [0.717, 1.165) is 42.4 Å². The van der Waals surface area contributed by atoms with E-state index in [9.17, 15) is 5.11 Å². The highest BCUT2D eigenvalue weighted by molar-refractivity contribution is 5.07. The van der Waals surface area contributed by atoms with Crippen molar-refractivity contribution in [2.24, 2.45) is 46.7 Å². The van der Waals surface area contributed by atoms with E-state index in [1.54, 1.807) is 7.11 Å². The summed E-state index contributed by atoms with van der Waals surface area (Å²) < 4.78 is 5.37. The van der Waals surface area contributed by atoms with E-state index in [4.69, 9.17) is 10.5 Å². The van der Waals surface area contributed by atoms with E-state index in [0.29, 0.717) is 24.0 Å². The Hall–Kier alpha value is -0.120. The van der Waals surface area contributed by atoms with Crippen molar-refractivity contribution >= 4 is 0 Å². The molecule has 0 saturated heterocycles. The first-order valence-electron chi connectivity index (χ1n) is 11.8. The van der Waals surface area contributed by atoms with Crippen LogP contribution in [0.2, 0.25) is 0 Å². The second-order valence-electron chi connectivity index (χ2n) is 11.1. The highest BCUT2D eigenvalue weighted by Crippen LogP contribution is 2.64. The third-order valence-corrected chi connectivity index (χ3v) is 9.70. The van der Waals surface area contributed by atoms with Crippen molar-refractivity contribution in [1.82, 2.24) is 0 Å². The van der Waals surface area contributed by atoms with Crippen LogP contribution in [-0.2, 0) is 4.74 Å². The normalized spacial score (nSPS) is 51.4. The lowest BCUT2D eigenvalue weighted by Gasteiger charge is -2.55. The number of hydrogen-bond acceptors (Lipinski definition) is 3. The molecule has 4 aliphatic carbocycles. The van der Waals surface area contributed by atoms with Gasteiger partial charge in [0.2, 0.25) is 0 Å². The van der Waals surface area contributed by atoms with Crippen LogP contribution in [0.3, 0.4) is 0 Å². The maximum Gasteiger partial charge on any atom is 0.0882 e. The van der Waals surface area contributed by atoms with Crippen LogP contribution in [0.5, 0.6) is 0 Å². The average molecular weight is 378 g/mol. The summed E-state index contributed by atoms with van der Waals surface area (Å²) in [7, 11) is 1.73. The van der Waals surface area contributed by atoms with Crippen molar-refractivity contribution in [1.29, 1.82) is 0 Å². The first-order valence-corrected chi connectivity index (χ1v) is 11.8. The molecule has 0 aromatic heterocycles. The molecular formula is C24H43NO2. The van der Waals surface area contributed by atoms with Crippen LogP contribution < -0.4 is 5.73 Å². The van der Waals surface area contributed by atoms with Gasteiger partial charge in [-0.25, -0.2) is 0 Å². The van der Waals surface area contributed by atoms with E-state index in [1.165, 1.54) is 57.8 Å². The summed E-state index contributed by atoms with van der Waals surface area (Å²) in [6, 6.07) is 0.346. The molecule has 4 saturated carbocycles. The third kappa shape index (κ3) is 3.51. The van der Waals surface area contributed by atoms with Crippen molar-refractivity contribution in [3.05, 3.63) is 0 Å². The summed E-state index contributed by atoms with van der Waals surface area (Å²) in [4.78, 5) is 0. The monoisotopic (exact) mass is 377 g/mol. The number of fused-ring (bicyclic) bond motifs is 3. The lowest BCUT2D eigenvalue weighted by Crippen LogP contribution is -2.50. The Morgan fingerprint density at radius 1 is 1.00 bits per heavy atom. The molecule has 0 aromatic carbocycles. The minimum atomic E-state index is -0.568. The summed E-state index contributed by atoms with van der Waals surface area (Å²) in [6.07, 6.45) is 14.2. The van der Waals surface area contributed by atoms with Gasteiger partial charge in [-0.05, 0) is 106 Å². The van der Waals surface area contributed by atoms with Crippen LogP contribution in [0.15, 0.2) is 0 Å². The summed E-state index contributed by atoms with van der Waals surface area (Å²) in [5.74, 6) is 5.00. The molecule has 0 heterocycles. The molecule has 0 amide bonds. The number of methoxy groups -OCH3 is 1. The summed E-state index contributed by atoms with van der Waals surface area (Å²) in [5.41, 5.74) is 6.34. The molecule has 1 unspecified atom stereocenters. The Morgan fingerprint density at radius 2 is 1.78 bits per heavy atom. The fourth-order valence-electron chi connectivity index (χ4n) is 8.71. The average Bonchev–Trinajstić information content (AvgIpc) is 2.99. The Morgan fingerprint density at radius 3 is 2.52 bits per heavy atom. The zero-order valence-corrected chi connectivity index (χ0v) is 18.0. The smallest absolute Gasteiger partial charge is 0.0882 e. The fourth-order valence-corrected chi connectivity index (χ4v) is 8.71. The third-order valence-electron chi connectivity index (χ3n) is 9.70. The summed E-state index contributed by atoms with van der Waals surface area (Å²) in [6.45, 7) is 5.34. The van der Waals surface area contributed by atoms with Gasteiger partial charge in [-0.1, -0.05) is 19.8 Å². The molecule has 0 radical (unpaired) electrons. The van der Waals surface area contributed by atoms with E-state index in [1.807, 2.05) is 0 Å². The molecule has 4 aliphatic rings. The van der Waals surface area contributed by atoms with Crippen molar-refractivity contribution in [3.8, 4) is 0 Å². The van der Waals surface area contributed by atoms with E-state index < -0.39 is 5.60 Å². The molecule has 0 aromatic rings. The number of rotatable bonds is 4. The van der Waals surface area contributed by atoms with Crippen LogP contribution in [0.1, 0.15) is 84.5 Å². The van der Waals surface area contributed by atoms with Crippen LogP contribution in [0.4, 0.5) is 0 Å². The molecule has 0 spiro atoms. The van der Waals surface area contributed by atoms with Crippen molar-refractivity contribution in [2.45, 2.75) is 96.1 Å². The van der Waals surface area contributed by atoms with Gasteiger partial charge in [0, 0.05) is 13.2 Å². The molecule has 4 rings (SSSR count). The summed E-state index contributed by atoms with van der Waals surface area (Å²) >= 11 is 0. The fraction of sp³-hybridized carbons (Fsp3) is 1.00. The van der Waals surface area contributed by atoms with E-state index in [2.05, 4.69) is 13.8 Å². The molecule has 3 heteroatoms. The minimum Gasteiger partial charge on any atom is -0.387 e. The van der Waals surface area contributed by atoms with Gasteiger partial charge in [-0.2, -0.15) is 0 Å². The van der Waals surface area contributed by atoms with Crippen LogP contribution in [0, 0.1) is 40.9 Å². The Labute approximate surface area is 166 Å². The molecule has 3 N–H and O–H groups in total. The first-order chi connectivity index (χ1) is 12.9. The number of hydrogen-bond donors (Lipinski definition) is 2. The largest absolute Gasteiger partial charge is 0.387 e. The lowest BCUT2D eigenvalue weighted by molar-refractivity contribution is -0.1000. The summed E-state index contributed by atoms with van der Waals surface area (Å²) in [5, 5.41) is 11.0. The van der Waals surface area contributed by atoms with Gasteiger partial charge in [0.1, 0.15) is 0 Å². The Bertz CT molecular complexity index is 519. The maximum atomic E-state index is 11.0. The van der Waals surface area contributed by atoms with E-state index in [-0.39, 0.29) is 0 Å². The van der Waals surface area contributed by atoms with Gasteiger partial charge in [0.15, 0.2) is 0 Å². The quantitative estimate of drug-likeness (QED) is 0.742. The van der Waals surface area contributed by atoms with E-state index >= 15 is 0 Å². The Balaban J connectivity index is 1.50. The van der Waals surface area contributed by atoms with Crippen LogP contribution in [0.25, 0.3) is 0 Å². The SMILES string of the molecule is COC[C@@]1(O)CCC[C@H](C2CCC[C@@H]3[C@@H]2CC[C@]2(C)[C@@H]([C@@H](C)N)CC[C@@H]32)C1. The second-order valence-corrected chi connectivity index (χ2v) is 11.1. The Kier molecular flexibility index (Phi) is 5.68. The van der Waals surface area contributed by atoms with Crippen LogP contribution in [-0.4, -0.2) is 30.5 Å². The molecular weight excluding hydrogens is 334 g/mol. The zero-order valence-electron chi connectivity index (χ0n) is 18.0. The van der Waals surface area contributed by atoms with Gasteiger partial charge in [-0.3, -0.25) is 0 Å². The van der Waals surface area contributed by atoms with Gasteiger partial charge in [0.25, 0.3) is 0 Å². The number of ether oxygens (including phenoxy) is 1. The lowest BCUT2D eigenvalue weighted by atomic mass is 9.50. The van der Waals surface area contributed by atoms with Gasteiger partial charge < -0.3 is 15.6 Å². The van der Waals surface area contributed by atoms with Crippen molar-refractivity contribution < 1.29 is 9.84 Å². The molecule has 0 aliphatic heterocycles. The molecule has 9 atom stereocenters. The van der Waals surface area contributed by atoms with Gasteiger partial charge in [0.05, 0.1) is 12.2 Å². The first kappa shape index (κ1) is 20.2. The molecule has 0 bridgehead atoms. The highest BCUT2D eigenvalue weighted by atomic mass is 16.5. The maximum absolute atomic E-state index is 11.0. The minimum absolute atomic E-state index is 0.346. The number of aliphatic hydroxyl groups is 1. The molecule has 156 valence electrons. The molecule has 3 nitrogen and oxygen atoms in total. The standard InChI is InChI=1S/C24H43NO2/c1-16(25)21-9-10-22-20-8-4-7-18(19(20)11-13-23(21,22)2)17-6-5-12-24(26,14-17)15-27-3/h16-22,26H,4-15,25H2,1-3H3/t16-,17+,18?,19-,20-,21-,22+,23-,24-/m1/s1. The van der Waals surface area contributed by atoms with Crippen molar-refractivity contribution in [3.63, 3.8) is 0 Å². The van der Waals surface area contributed by atoms with Gasteiger partial charge in [-0.15, -0.1) is 0 Å². The van der Waals surface area contributed by atoms with Crippen LogP contribution >= 0.6 is 0 Å². The number of nitrogens with two attached hydrogens (primary N) is 1. The topological polar surface area (TPSA) is 55.5 Å². The van der Waals surface area contributed by atoms with Crippen molar-refractivity contribution in [2.75, 3.05) is 13.7 Å². The predicted octanol–water partition coefficient (Wildman–Crippen LogP) is 4.76. The molecule has 4 fully saturated rings. The van der Waals surface area contributed by atoms with Gasteiger partial charge >= 0.3 is 0 Å². The second kappa shape index (κ2) is 7.61. The zero-order chi connectivity index (χ0) is 19.2. The highest BCUT2D eigenvalue weighted by Gasteiger charge is 2.56. The predicted molar refractivity (Wildman–Crippen MR) is 110 cm³/mol.